The highest BCUT2D eigenvalue weighted by Crippen LogP contribution is 2.37. The number of ether oxygens (including phenoxy) is 1. The largest absolute Gasteiger partial charge is 0.378 e. The van der Waals surface area contributed by atoms with Gasteiger partial charge in [0, 0.05) is 44.6 Å². The summed E-state index contributed by atoms with van der Waals surface area (Å²) in [7, 11) is 0. The zero-order valence-electron chi connectivity index (χ0n) is 10.7. The Morgan fingerprint density at radius 2 is 1.72 bits per heavy atom. The van der Waals surface area contributed by atoms with Gasteiger partial charge < -0.3 is 10.1 Å². The maximum atomic E-state index is 13.1. The van der Waals surface area contributed by atoms with Gasteiger partial charge in [0.15, 0.2) is 0 Å². The zero-order valence-corrected chi connectivity index (χ0v) is 10.7. The molecule has 3 nitrogen and oxygen atoms in total. The molecule has 3 rings (SSSR count). The van der Waals surface area contributed by atoms with Gasteiger partial charge in [0.1, 0.15) is 0 Å². The molecular weight excluding hydrogens is 238 g/mol. The van der Waals surface area contributed by atoms with Crippen molar-refractivity contribution in [3.8, 4) is 0 Å². The molecule has 0 amide bonds. The van der Waals surface area contributed by atoms with Gasteiger partial charge in [0.2, 0.25) is 5.92 Å². The lowest BCUT2D eigenvalue weighted by Gasteiger charge is -2.47. The molecule has 0 aromatic carbocycles. The fraction of sp³-hybridized carbons (Fsp3) is 1.00. The van der Waals surface area contributed by atoms with Crippen LogP contribution in [0.4, 0.5) is 8.78 Å². The predicted octanol–water partition coefficient (Wildman–Crippen LogP) is 1.48. The lowest BCUT2D eigenvalue weighted by atomic mass is 9.85. The number of nitrogens with one attached hydrogen (secondary N) is 1. The Labute approximate surface area is 107 Å². The van der Waals surface area contributed by atoms with E-state index in [1.165, 1.54) is 0 Å². The lowest BCUT2D eigenvalue weighted by Crippen LogP contribution is -2.64. The molecule has 2 aliphatic heterocycles. The Kier molecular flexibility index (Phi) is 3.56. The van der Waals surface area contributed by atoms with E-state index in [0.29, 0.717) is 30.8 Å². The molecule has 2 bridgehead atoms. The summed E-state index contributed by atoms with van der Waals surface area (Å²) in [6, 6.07) is 0.889. The first kappa shape index (κ1) is 12.8. The second-order valence-corrected chi connectivity index (χ2v) is 6.00. The second-order valence-electron chi connectivity index (χ2n) is 6.00. The van der Waals surface area contributed by atoms with Crippen LogP contribution in [-0.2, 0) is 4.74 Å². The van der Waals surface area contributed by atoms with Gasteiger partial charge in [-0.25, -0.2) is 8.78 Å². The van der Waals surface area contributed by atoms with Gasteiger partial charge in [-0.1, -0.05) is 0 Å². The number of alkyl halides is 2. The number of piperazine rings is 1. The van der Waals surface area contributed by atoms with E-state index in [1.807, 2.05) is 0 Å². The first-order valence-corrected chi connectivity index (χ1v) is 7.06. The molecule has 0 spiro atoms. The van der Waals surface area contributed by atoms with Crippen LogP contribution in [0.25, 0.3) is 0 Å². The van der Waals surface area contributed by atoms with Crippen molar-refractivity contribution in [1.29, 1.82) is 0 Å². The average Bonchev–Trinajstić information content (AvgIpc) is 2.31. The number of halogens is 2. The molecule has 1 aliphatic carbocycles. The molecule has 2 heterocycles. The maximum absolute atomic E-state index is 13.1. The standard InChI is InChI=1S/C13H22F2N2O/c14-13(15)3-1-10(2-4-13)7-17-11-5-16-6-12(17)9-18-8-11/h10-12,16H,1-9H2/t11-,12+. The summed E-state index contributed by atoms with van der Waals surface area (Å²) in [4.78, 5) is 2.51. The normalized spacial score (nSPS) is 37.7. The summed E-state index contributed by atoms with van der Waals surface area (Å²) in [5, 5.41) is 3.43. The Morgan fingerprint density at radius 1 is 1.11 bits per heavy atom. The van der Waals surface area contributed by atoms with Gasteiger partial charge in [-0.3, -0.25) is 4.90 Å². The second kappa shape index (κ2) is 5.02. The maximum Gasteiger partial charge on any atom is 0.248 e. The topological polar surface area (TPSA) is 24.5 Å². The van der Waals surface area contributed by atoms with Gasteiger partial charge >= 0.3 is 0 Å². The molecule has 0 aromatic heterocycles. The number of hydrogen-bond acceptors (Lipinski definition) is 3. The van der Waals surface area contributed by atoms with E-state index >= 15 is 0 Å². The van der Waals surface area contributed by atoms with Gasteiger partial charge in [-0.05, 0) is 18.8 Å². The molecule has 104 valence electrons. The molecule has 2 atom stereocenters. The molecule has 0 radical (unpaired) electrons. The van der Waals surface area contributed by atoms with Crippen LogP contribution in [0.5, 0.6) is 0 Å². The third-order valence-corrected chi connectivity index (χ3v) is 4.62. The van der Waals surface area contributed by atoms with Crippen molar-refractivity contribution in [2.24, 2.45) is 5.92 Å². The number of rotatable bonds is 2. The highest BCUT2D eigenvalue weighted by Gasteiger charge is 2.39. The number of hydrogen-bond donors (Lipinski definition) is 1. The zero-order chi connectivity index (χ0) is 12.6. The van der Waals surface area contributed by atoms with E-state index < -0.39 is 5.92 Å². The third-order valence-electron chi connectivity index (χ3n) is 4.62. The van der Waals surface area contributed by atoms with Crippen molar-refractivity contribution in [2.75, 3.05) is 32.8 Å². The van der Waals surface area contributed by atoms with Gasteiger partial charge in [-0.15, -0.1) is 0 Å². The average molecular weight is 260 g/mol. The van der Waals surface area contributed by atoms with Crippen LogP contribution in [0, 0.1) is 5.92 Å². The molecule has 0 unspecified atom stereocenters. The minimum absolute atomic E-state index is 0.0790. The summed E-state index contributed by atoms with van der Waals surface area (Å²) in [6.45, 7) is 4.49. The molecule has 3 fully saturated rings. The number of morpholine rings is 1. The van der Waals surface area contributed by atoms with Crippen LogP contribution in [0.2, 0.25) is 0 Å². The molecule has 0 aromatic rings. The van der Waals surface area contributed by atoms with Gasteiger partial charge in [0.05, 0.1) is 13.2 Å². The SMILES string of the molecule is FC1(F)CCC(CN2[C@@H]3CNC[C@H]2COC3)CC1. The molecular formula is C13H22F2N2O. The first-order chi connectivity index (χ1) is 8.64. The lowest BCUT2D eigenvalue weighted by molar-refractivity contribution is -0.0853. The van der Waals surface area contributed by atoms with Crippen LogP contribution in [0.3, 0.4) is 0 Å². The summed E-state index contributed by atoms with van der Waals surface area (Å²) in [5.41, 5.74) is 0. The highest BCUT2D eigenvalue weighted by molar-refractivity contribution is 4.92. The van der Waals surface area contributed by atoms with E-state index in [1.54, 1.807) is 0 Å². The van der Waals surface area contributed by atoms with Gasteiger partial charge in [-0.2, -0.15) is 0 Å². The van der Waals surface area contributed by atoms with Crippen molar-refractivity contribution >= 4 is 0 Å². The molecule has 2 saturated heterocycles. The Hall–Kier alpha value is -0.260. The predicted molar refractivity (Wildman–Crippen MR) is 64.9 cm³/mol. The van der Waals surface area contributed by atoms with Crippen LogP contribution >= 0.6 is 0 Å². The monoisotopic (exact) mass is 260 g/mol. The molecule has 1 saturated carbocycles. The van der Waals surface area contributed by atoms with Gasteiger partial charge in [0.25, 0.3) is 0 Å². The van der Waals surface area contributed by atoms with E-state index in [2.05, 4.69) is 10.2 Å². The molecule has 3 aliphatic rings. The smallest absolute Gasteiger partial charge is 0.248 e. The van der Waals surface area contributed by atoms with E-state index in [4.69, 9.17) is 4.74 Å². The van der Waals surface area contributed by atoms with Crippen LogP contribution < -0.4 is 5.32 Å². The number of fused-ring (bicyclic) bond motifs is 2. The summed E-state index contributed by atoms with van der Waals surface area (Å²) in [5.74, 6) is -1.95. The molecule has 18 heavy (non-hydrogen) atoms. The Bertz CT molecular complexity index is 269. The van der Waals surface area contributed by atoms with E-state index in [0.717, 1.165) is 32.8 Å². The van der Waals surface area contributed by atoms with Crippen LogP contribution in [-0.4, -0.2) is 55.8 Å². The minimum Gasteiger partial charge on any atom is -0.378 e. The van der Waals surface area contributed by atoms with E-state index in [9.17, 15) is 8.78 Å². The molecule has 5 heteroatoms. The van der Waals surface area contributed by atoms with Crippen molar-refractivity contribution in [3.63, 3.8) is 0 Å². The van der Waals surface area contributed by atoms with Crippen molar-refractivity contribution in [1.82, 2.24) is 10.2 Å². The third kappa shape index (κ3) is 2.68. The fourth-order valence-electron chi connectivity index (χ4n) is 3.48. The highest BCUT2D eigenvalue weighted by atomic mass is 19.3. The quantitative estimate of drug-likeness (QED) is 0.814. The summed E-state index contributed by atoms with van der Waals surface area (Å²) in [6.07, 6.45) is 1.51. The van der Waals surface area contributed by atoms with Crippen LogP contribution in [0.1, 0.15) is 25.7 Å². The van der Waals surface area contributed by atoms with Crippen molar-refractivity contribution in [3.05, 3.63) is 0 Å². The Balaban J connectivity index is 1.56. The van der Waals surface area contributed by atoms with E-state index in [-0.39, 0.29) is 12.8 Å². The summed E-state index contributed by atoms with van der Waals surface area (Å²) < 4.78 is 31.9. The van der Waals surface area contributed by atoms with Crippen molar-refractivity contribution in [2.45, 2.75) is 43.7 Å². The minimum atomic E-state index is -2.40. The Morgan fingerprint density at radius 3 is 2.33 bits per heavy atom. The fourth-order valence-corrected chi connectivity index (χ4v) is 3.48. The van der Waals surface area contributed by atoms with Crippen LogP contribution in [0.15, 0.2) is 0 Å². The van der Waals surface area contributed by atoms with Crippen molar-refractivity contribution < 1.29 is 13.5 Å². The number of nitrogens with zero attached hydrogens (tertiary/aromatic N) is 1. The molecule has 1 N–H and O–H groups in total. The summed E-state index contributed by atoms with van der Waals surface area (Å²) >= 11 is 0. The first-order valence-electron chi connectivity index (χ1n) is 7.06.